The van der Waals surface area contributed by atoms with Gasteiger partial charge in [-0.1, -0.05) is 0 Å². The van der Waals surface area contributed by atoms with E-state index in [4.69, 9.17) is 5.11 Å². The number of aliphatic carboxylic acids is 1. The third-order valence-electron chi connectivity index (χ3n) is 3.52. The Labute approximate surface area is 90.9 Å². The van der Waals surface area contributed by atoms with Crippen LogP contribution >= 0.6 is 0 Å². The molecule has 0 aromatic heterocycles. The van der Waals surface area contributed by atoms with Gasteiger partial charge in [0.2, 0.25) is 0 Å². The van der Waals surface area contributed by atoms with Gasteiger partial charge >= 0.3 is 5.97 Å². The minimum atomic E-state index is -0.731. The van der Waals surface area contributed by atoms with Gasteiger partial charge in [0.15, 0.2) is 0 Å². The Morgan fingerprint density at radius 2 is 2.07 bits per heavy atom. The Balaban J connectivity index is 2.67. The standard InChI is InChI=1S/C11H21NO3/c1-8(9(2)13)12-6-4-5-11(3,7-12)10(14)15/h8-9,13H,4-7H2,1-3H3,(H,14,15). The molecule has 0 radical (unpaired) electrons. The van der Waals surface area contributed by atoms with Gasteiger partial charge in [-0.2, -0.15) is 0 Å². The van der Waals surface area contributed by atoms with E-state index in [1.54, 1.807) is 13.8 Å². The van der Waals surface area contributed by atoms with E-state index >= 15 is 0 Å². The molecular weight excluding hydrogens is 194 g/mol. The number of rotatable bonds is 3. The van der Waals surface area contributed by atoms with Crippen LogP contribution in [-0.2, 0) is 4.79 Å². The molecule has 2 N–H and O–H groups in total. The molecule has 1 rings (SSSR count). The first-order valence-corrected chi connectivity index (χ1v) is 5.52. The molecule has 1 heterocycles. The minimum absolute atomic E-state index is 0.0315. The zero-order chi connectivity index (χ0) is 11.6. The first-order chi connectivity index (χ1) is 6.87. The molecule has 15 heavy (non-hydrogen) atoms. The number of piperidine rings is 1. The molecule has 0 spiro atoms. The highest BCUT2D eigenvalue weighted by atomic mass is 16.4. The summed E-state index contributed by atoms with van der Waals surface area (Å²) in [5.41, 5.74) is -0.651. The van der Waals surface area contributed by atoms with Gasteiger partial charge in [0.05, 0.1) is 11.5 Å². The molecule has 4 nitrogen and oxygen atoms in total. The predicted octanol–water partition coefficient (Wildman–Crippen LogP) is 0.942. The molecule has 0 bridgehead atoms. The number of aliphatic hydroxyl groups is 1. The topological polar surface area (TPSA) is 60.8 Å². The number of nitrogens with zero attached hydrogens (tertiary/aromatic N) is 1. The fourth-order valence-corrected chi connectivity index (χ4v) is 2.11. The summed E-state index contributed by atoms with van der Waals surface area (Å²) in [6.45, 7) is 6.90. The van der Waals surface area contributed by atoms with Crippen molar-refractivity contribution in [3.8, 4) is 0 Å². The second-order valence-electron chi connectivity index (χ2n) is 4.92. The van der Waals surface area contributed by atoms with Gasteiger partial charge in [-0.05, 0) is 40.2 Å². The quantitative estimate of drug-likeness (QED) is 0.735. The Morgan fingerprint density at radius 3 is 2.53 bits per heavy atom. The smallest absolute Gasteiger partial charge is 0.310 e. The molecule has 1 saturated heterocycles. The molecule has 0 aromatic rings. The van der Waals surface area contributed by atoms with E-state index in [2.05, 4.69) is 4.90 Å². The van der Waals surface area contributed by atoms with E-state index in [0.29, 0.717) is 6.54 Å². The van der Waals surface area contributed by atoms with Crippen LogP contribution in [0.1, 0.15) is 33.6 Å². The van der Waals surface area contributed by atoms with Crippen molar-refractivity contribution in [2.45, 2.75) is 45.8 Å². The highest BCUT2D eigenvalue weighted by Gasteiger charge is 2.39. The van der Waals surface area contributed by atoms with Gasteiger partial charge in [0.25, 0.3) is 0 Å². The van der Waals surface area contributed by atoms with Gasteiger partial charge < -0.3 is 10.2 Å². The second kappa shape index (κ2) is 4.49. The van der Waals surface area contributed by atoms with Crippen LogP contribution in [0.2, 0.25) is 0 Å². The van der Waals surface area contributed by atoms with Gasteiger partial charge in [-0.15, -0.1) is 0 Å². The van der Waals surface area contributed by atoms with Crippen molar-refractivity contribution in [1.29, 1.82) is 0 Å². The van der Waals surface area contributed by atoms with Crippen LogP contribution in [0.25, 0.3) is 0 Å². The molecule has 0 aliphatic carbocycles. The van der Waals surface area contributed by atoms with Crippen molar-refractivity contribution in [2.75, 3.05) is 13.1 Å². The molecule has 3 atom stereocenters. The maximum Gasteiger partial charge on any atom is 0.310 e. The second-order valence-corrected chi connectivity index (χ2v) is 4.92. The number of likely N-dealkylation sites (tertiary alicyclic amines) is 1. The molecule has 3 unspecified atom stereocenters. The molecule has 0 amide bonds. The Hall–Kier alpha value is -0.610. The van der Waals surface area contributed by atoms with Crippen LogP contribution in [-0.4, -0.2) is 46.3 Å². The van der Waals surface area contributed by atoms with Crippen LogP contribution in [0.5, 0.6) is 0 Å². The zero-order valence-electron chi connectivity index (χ0n) is 9.73. The van der Waals surface area contributed by atoms with E-state index in [1.807, 2.05) is 6.92 Å². The molecular formula is C11H21NO3. The molecule has 1 aliphatic rings. The minimum Gasteiger partial charge on any atom is -0.481 e. The lowest BCUT2D eigenvalue weighted by Crippen LogP contribution is -2.51. The first kappa shape index (κ1) is 12.5. The maximum atomic E-state index is 11.1. The highest BCUT2D eigenvalue weighted by Crippen LogP contribution is 2.31. The van der Waals surface area contributed by atoms with Gasteiger partial charge in [-0.3, -0.25) is 9.69 Å². The number of carboxylic acids is 1. The highest BCUT2D eigenvalue weighted by molar-refractivity contribution is 5.74. The van der Waals surface area contributed by atoms with E-state index in [-0.39, 0.29) is 6.04 Å². The number of carboxylic acid groups (broad SMARTS) is 1. The van der Waals surface area contributed by atoms with E-state index < -0.39 is 17.5 Å². The Morgan fingerprint density at radius 1 is 1.47 bits per heavy atom. The summed E-state index contributed by atoms with van der Waals surface area (Å²) >= 11 is 0. The average molecular weight is 215 g/mol. The number of hydrogen-bond acceptors (Lipinski definition) is 3. The summed E-state index contributed by atoms with van der Waals surface area (Å²) in [4.78, 5) is 13.2. The maximum absolute atomic E-state index is 11.1. The normalized spacial score (nSPS) is 32.3. The Kier molecular flexibility index (Phi) is 3.73. The van der Waals surface area contributed by atoms with Gasteiger partial charge in [0.1, 0.15) is 0 Å². The molecule has 0 saturated carbocycles. The summed E-state index contributed by atoms with van der Waals surface area (Å²) in [5.74, 6) is -0.731. The van der Waals surface area contributed by atoms with Crippen LogP contribution in [0.4, 0.5) is 0 Å². The van der Waals surface area contributed by atoms with E-state index in [0.717, 1.165) is 19.4 Å². The lowest BCUT2D eigenvalue weighted by Gasteiger charge is -2.41. The Bertz CT molecular complexity index is 242. The molecule has 4 heteroatoms. The summed E-state index contributed by atoms with van der Waals surface area (Å²) in [7, 11) is 0. The third kappa shape index (κ3) is 2.69. The number of carbonyl (C=O) groups is 1. The number of hydrogen-bond donors (Lipinski definition) is 2. The fourth-order valence-electron chi connectivity index (χ4n) is 2.11. The third-order valence-corrected chi connectivity index (χ3v) is 3.52. The average Bonchev–Trinajstić information content (AvgIpc) is 2.16. The molecule has 88 valence electrons. The monoisotopic (exact) mass is 215 g/mol. The van der Waals surface area contributed by atoms with Crippen molar-refractivity contribution in [2.24, 2.45) is 5.41 Å². The lowest BCUT2D eigenvalue weighted by atomic mass is 9.81. The van der Waals surface area contributed by atoms with Crippen LogP contribution < -0.4 is 0 Å². The summed E-state index contributed by atoms with van der Waals surface area (Å²) in [6.07, 6.45) is 1.20. The fraction of sp³-hybridized carbons (Fsp3) is 0.909. The molecule has 1 aliphatic heterocycles. The zero-order valence-corrected chi connectivity index (χ0v) is 9.73. The SMILES string of the molecule is CC(O)C(C)N1CCCC(C)(C(=O)O)C1. The lowest BCUT2D eigenvalue weighted by molar-refractivity contribution is -0.152. The van der Waals surface area contributed by atoms with Gasteiger partial charge in [0, 0.05) is 12.6 Å². The molecule has 1 fully saturated rings. The first-order valence-electron chi connectivity index (χ1n) is 5.52. The van der Waals surface area contributed by atoms with Crippen molar-refractivity contribution in [1.82, 2.24) is 4.90 Å². The van der Waals surface area contributed by atoms with Crippen LogP contribution in [0.3, 0.4) is 0 Å². The van der Waals surface area contributed by atoms with Crippen molar-refractivity contribution in [3.05, 3.63) is 0 Å². The summed E-state index contributed by atoms with van der Waals surface area (Å²) in [5, 5.41) is 18.6. The summed E-state index contributed by atoms with van der Waals surface area (Å²) in [6, 6.07) is 0.0315. The van der Waals surface area contributed by atoms with Crippen molar-refractivity contribution in [3.63, 3.8) is 0 Å². The number of aliphatic hydroxyl groups excluding tert-OH is 1. The van der Waals surface area contributed by atoms with E-state index in [1.165, 1.54) is 0 Å². The largest absolute Gasteiger partial charge is 0.481 e. The molecule has 0 aromatic carbocycles. The van der Waals surface area contributed by atoms with E-state index in [9.17, 15) is 9.90 Å². The predicted molar refractivity (Wildman–Crippen MR) is 57.7 cm³/mol. The van der Waals surface area contributed by atoms with Crippen molar-refractivity contribution < 1.29 is 15.0 Å². The summed E-state index contributed by atoms with van der Waals surface area (Å²) < 4.78 is 0. The van der Waals surface area contributed by atoms with Gasteiger partial charge in [-0.25, -0.2) is 0 Å². The van der Waals surface area contributed by atoms with Crippen LogP contribution in [0.15, 0.2) is 0 Å². The van der Waals surface area contributed by atoms with Crippen molar-refractivity contribution >= 4 is 5.97 Å². The van der Waals surface area contributed by atoms with Crippen LogP contribution in [0, 0.1) is 5.41 Å².